The van der Waals surface area contributed by atoms with Crippen molar-refractivity contribution in [2.24, 2.45) is 5.92 Å². The molecule has 0 radical (unpaired) electrons. The van der Waals surface area contributed by atoms with Crippen molar-refractivity contribution in [3.05, 3.63) is 69.9 Å². The smallest absolute Gasteiger partial charge is 0.411 e. The molecule has 10 nitrogen and oxygen atoms in total. The summed E-state index contributed by atoms with van der Waals surface area (Å²) in [7, 11) is 1.28. The van der Waals surface area contributed by atoms with Crippen LogP contribution in [0.2, 0.25) is 5.02 Å². The largest absolute Gasteiger partial charge is 0.453 e. The van der Waals surface area contributed by atoms with Gasteiger partial charge in [0.15, 0.2) is 5.82 Å². The number of hydrogen-bond donors (Lipinski definition) is 3. The number of aromatic amines is 1. The third-order valence-corrected chi connectivity index (χ3v) is 7.88. The number of fused-ring (bicyclic) bond motifs is 4. The molecule has 13 heteroatoms. The zero-order valence-corrected chi connectivity index (χ0v) is 23.3. The Labute approximate surface area is 240 Å². The van der Waals surface area contributed by atoms with Crippen molar-refractivity contribution in [1.29, 1.82) is 0 Å². The minimum absolute atomic E-state index is 0.144. The summed E-state index contributed by atoms with van der Waals surface area (Å²) in [6.45, 7) is 2.09. The van der Waals surface area contributed by atoms with Crippen LogP contribution in [0, 0.1) is 17.6 Å². The van der Waals surface area contributed by atoms with Crippen molar-refractivity contribution in [2.45, 2.75) is 57.2 Å². The van der Waals surface area contributed by atoms with Gasteiger partial charge in [0.2, 0.25) is 5.91 Å². The normalized spacial score (nSPS) is 25.0. The lowest BCUT2D eigenvalue weighted by atomic mass is 9.89. The van der Waals surface area contributed by atoms with E-state index < -0.39 is 42.0 Å². The first-order valence-electron chi connectivity index (χ1n) is 13.4. The second-order valence-electron chi connectivity index (χ2n) is 10.3. The van der Waals surface area contributed by atoms with E-state index in [4.69, 9.17) is 26.1 Å². The van der Waals surface area contributed by atoms with Crippen molar-refractivity contribution >= 4 is 35.3 Å². The van der Waals surface area contributed by atoms with Gasteiger partial charge in [0.25, 0.3) is 0 Å². The molecule has 41 heavy (non-hydrogen) atoms. The fraction of sp³-hybridized carbons (Fsp3) is 0.429. The zero-order valence-electron chi connectivity index (χ0n) is 22.5. The molecule has 0 spiro atoms. The molecule has 3 N–H and O–H groups in total. The summed E-state index contributed by atoms with van der Waals surface area (Å²) in [5, 5.41) is 5.45. The lowest BCUT2D eigenvalue weighted by Crippen LogP contribution is -2.42. The standard InChI is InChI=1S/C28H30ClF2N5O5/c1-14-11-15-19(12-18(14)35-27(38)40-2)33-23(37)6-4-3-5-21(26-32-13-20(15)34-26)36-10-9-22(41-28(36)39)24-17(30)8-7-16(29)25(24)31/h7-8,11-14,18,21-22H,3-6,9-10H2,1-2H3,(H,32,34)(H,33,37)(H,35,38)/t14?,18?,21-,22+/m0/s1. The van der Waals surface area contributed by atoms with Crippen LogP contribution < -0.4 is 10.6 Å². The van der Waals surface area contributed by atoms with Crippen molar-refractivity contribution in [3.8, 4) is 0 Å². The average molecular weight is 590 g/mol. The molecule has 2 bridgehead atoms. The molecular weight excluding hydrogens is 560 g/mol. The SMILES string of the molecule is COC(=O)NC1C=C2NC(=O)CCCC[C@H](N3CC[C@H](c4c(F)ccc(Cl)c4F)OC3=O)c3nc(c[nH]3)C2=CC1C. The average Bonchev–Trinajstić information content (AvgIpc) is 3.42. The van der Waals surface area contributed by atoms with Crippen LogP contribution in [-0.4, -0.2) is 52.7 Å². The summed E-state index contributed by atoms with van der Waals surface area (Å²) in [6, 6.07) is 1.24. The van der Waals surface area contributed by atoms with Crippen LogP contribution in [-0.2, 0) is 14.3 Å². The molecule has 2 aliphatic heterocycles. The Morgan fingerprint density at radius 3 is 2.78 bits per heavy atom. The Hall–Kier alpha value is -3.93. The van der Waals surface area contributed by atoms with Crippen LogP contribution >= 0.6 is 11.6 Å². The Morgan fingerprint density at radius 1 is 1.22 bits per heavy atom. The van der Waals surface area contributed by atoms with E-state index in [0.29, 0.717) is 42.1 Å². The highest BCUT2D eigenvalue weighted by Gasteiger charge is 2.38. The maximum atomic E-state index is 14.6. The molecule has 1 saturated heterocycles. The highest BCUT2D eigenvalue weighted by molar-refractivity contribution is 6.30. The first-order valence-corrected chi connectivity index (χ1v) is 13.8. The summed E-state index contributed by atoms with van der Waals surface area (Å²) in [6.07, 6.45) is 4.98. The van der Waals surface area contributed by atoms with E-state index in [1.165, 1.54) is 12.0 Å². The maximum absolute atomic E-state index is 14.6. The second-order valence-corrected chi connectivity index (χ2v) is 10.7. The van der Waals surface area contributed by atoms with Gasteiger partial charge in [0.1, 0.15) is 17.7 Å². The molecule has 1 aromatic carbocycles. The number of methoxy groups -OCH3 is 1. The number of amides is 3. The second kappa shape index (κ2) is 11.9. The third kappa shape index (κ3) is 5.92. The molecule has 5 rings (SSSR count). The molecule has 3 heterocycles. The Bertz CT molecular complexity index is 1430. The van der Waals surface area contributed by atoms with E-state index in [1.54, 1.807) is 12.3 Å². The Balaban J connectivity index is 1.42. The molecule has 4 atom stereocenters. The topological polar surface area (TPSA) is 126 Å². The molecule has 3 aliphatic rings. The number of alkyl carbamates (subject to hydrolysis) is 1. The molecule has 1 fully saturated rings. The number of cyclic esters (lactones) is 1. The number of nitrogens with one attached hydrogen (secondary N) is 3. The van der Waals surface area contributed by atoms with Crippen molar-refractivity contribution in [2.75, 3.05) is 13.7 Å². The first-order chi connectivity index (χ1) is 19.7. The summed E-state index contributed by atoms with van der Waals surface area (Å²) in [5.74, 6) is -1.59. The van der Waals surface area contributed by atoms with Gasteiger partial charge in [-0.1, -0.05) is 31.0 Å². The van der Waals surface area contributed by atoms with E-state index in [1.807, 2.05) is 13.0 Å². The number of halogens is 3. The molecule has 0 saturated carbocycles. The van der Waals surface area contributed by atoms with Gasteiger partial charge in [0.05, 0.1) is 35.5 Å². The van der Waals surface area contributed by atoms with Gasteiger partial charge in [-0.2, -0.15) is 0 Å². The van der Waals surface area contributed by atoms with E-state index in [9.17, 15) is 23.2 Å². The van der Waals surface area contributed by atoms with Crippen molar-refractivity contribution in [1.82, 2.24) is 25.5 Å². The number of benzene rings is 1. The minimum atomic E-state index is -1.12. The Kier molecular flexibility index (Phi) is 8.30. The summed E-state index contributed by atoms with van der Waals surface area (Å²) >= 11 is 5.84. The van der Waals surface area contributed by atoms with Crippen LogP contribution in [0.15, 0.2) is 36.2 Å². The predicted octanol–water partition coefficient (Wildman–Crippen LogP) is 5.30. The summed E-state index contributed by atoms with van der Waals surface area (Å²) < 4.78 is 39.3. The van der Waals surface area contributed by atoms with Crippen LogP contribution in [0.1, 0.15) is 68.3 Å². The molecule has 1 aliphatic carbocycles. The van der Waals surface area contributed by atoms with Gasteiger partial charge in [-0.25, -0.2) is 23.4 Å². The maximum Gasteiger partial charge on any atom is 0.411 e. The fourth-order valence-electron chi connectivity index (χ4n) is 5.42. The molecule has 1 aromatic heterocycles. The highest BCUT2D eigenvalue weighted by atomic mass is 35.5. The highest BCUT2D eigenvalue weighted by Crippen LogP contribution is 2.38. The number of rotatable bonds is 3. The van der Waals surface area contributed by atoms with Gasteiger partial charge in [0, 0.05) is 36.9 Å². The Morgan fingerprint density at radius 2 is 2.02 bits per heavy atom. The number of nitrogens with zero attached hydrogens (tertiary/aromatic N) is 2. The number of carbonyl (C=O) groups excluding carboxylic acids is 3. The third-order valence-electron chi connectivity index (χ3n) is 7.58. The van der Waals surface area contributed by atoms with Gasteiger partial charge in [-0.15, -0.1) is 0 Å². The summed E-state index contributed by atoms with van der Waals surface area (Å²) in [5.41, 5.74) is 1.36. The number of aromatic nitrogens is 2. The van der Waals surface area contributed by atoms with Crippen molar-refractivity contribution in [3.63, 3.8) is 0 Å². The number of imidazole rings is 1. The van der Waals surface area contributed by atoms with E-state index in [2.05, 4.69) is 15.6 Å². The van der Waals surface area contributed by atoms with Gasteiger partial charge < -0.3 is 25.1 Å². The number of carbonyl (C=O) groups is 3. The molecule has 3 amide bonds. The zero-order chi connectivity index (χ0) is 29.3. The number of H-pyrrole nitrogens is 1. The first kappa shape index (κ1) is 28.6. The number of ether oxygens (including phenoxy) is 2. The number of hydrogen-bond acceptors (Lipinski definition) is 6. The summed E-state index contributed by atoms with van der Waals surface area (Å²) in [4.78, 5) is 47.3. The van der Waals surface area contributed by atoms with Crippen LogP contribution in [0.3, 0.4) is 0 Å². The predicted molar refractivity (Wildman–Crippen MR) is 144 cm³/mol. The van der Waals surface area contributed by atoms with Crippen LogP contribution in [0.25, 0.3) is 5.57 Å². The van der Waals surface area contributed by atoms with Gasteiger partial charge in [-0.05, 0) is 37.0 Å². The van der Waals surface area contributed by atoms with Crippen LogP contribution in [0.5, 0.6) is 0 Å². The molecule has 2 aromatic rings. The van der Waals surface area contributed by atoms with E-state index >= 15 is 0 Å². The molecular formula is C28H30ClF2N5O5. The quantitative estimate of drug-likeness (QED) is 0.417. The lowest BCUT2D eigenvalue weighted by molar-refractivity contribution is -0.120. The van der Waals surface area contributed by atoms with E-state index in [-0.39, 0.29) is 41.8 Å². The van der Waals surface area contributed by atoms with Crippen LogP contribution in [0.4, 0.5) is 18.4 Å². The van der Waals surface area contributed by atoms with Gasteiger partial charge >= 0.3 is 12.2 Å². The fourth-order valence-corrected chi connectivity index (χ4v) is 5.58. The number of allylic oxidation sites excluding steroid dienone is 1. The lowest BCUT2D eigenvalue weighted by Gasteiger charge is -2.36. The van der Waals surface area contributed by atoms with E-state index in [0.717, 1.165) is 12.1 Å². The van der Waals surface area contributed by atoms with Crippen molar-refractivity contribution < 1.29 is 32.6 Å². The van der Waals surface area contributed by atoms with Gasteiger partial charge in [-0.3, -0.25) is 9.69 Å². The monoisotopic (exact) mass is 589 g/mol. The molecule has 2 unspecified atom stereocenters. The minimum Gasteiger partial charge on any atom is -0.453 e. The molecule has 218 valence electrons.